The van der Waals surface area contributed by atoms with Gasteiger partial charge in [-0.2, -0.15) is 0 Å². The fourth-order valence-electron chi connectivity index (χ4n) is 2.41. The normalized spacial score (nSPS) is 10.6. The summed E-state index contributed by atoms with van der Waals surface area (Å²) in [6.45, 7) is 3.14. The fraction of sp³-hybridized carbons (Fsp3) is 0.941. The van der Waals surface area contributed by atoms with Gasteiger partial charge in [0, 0.05) is 13.6 Å². The Hall–Kier alpha value is -0.530. The van der Waals surface area contributed by atoms with Crippen LogP contribution in [-0.2, 0) is 4.79 Å². The third kappa shape index (κ3) is 15.4. The highest BCUT2D eigenvalue weighted by Crippen LogP contribution is 2.12. The zero-order valence-corrected chi connectivity index (χ0v) is 13.3. The first kappa shape index (κ1) is 18.5. The number of hydrogen-bond donors (Lipinski definition) is 0. The summed E-state index contributed by atoms with van der Waals surface area (Å²) in [5.41, 5.74) is 0. The molecule has 1 amide bonds. The van der Waals surface area contributed by atoms with Gasteiger partial charge in [-0.25, -0.2) is 0 Å². The summed E-state index contributed by atoms with van der Waals surface area (Å²) in [6, 6.07) is 0. The van der Waals surface area contributed by atoms with Crippen LogP contribution in [-0.4, -0.2) is 24.9 Å². The highest BCUT2D eigenvalue weighted by molar-refractivity contribution is 5.47. The molecule has 2 heteroatoms. The second-order valence-electron chi connectivity index (χ2n) is 5.76. The number of unbranched alkanes of at least 4 members (excludes halogenated alkanes) is 12. The minimum atomic E-state index is 0.862. The lowest BCUT2D eigenvalue weighted by molar-refractivity contribution is 0.417. The summed E-state index contributed by atoms with van der Waals surface area (Å²) < 4.78 is 0. The van der Waals surface area contributed by atoms with Gasteiger partial charge in [-0.05, 0) is 6.42 Å². The van der Waals surface area contributed by atoms with Gasteiger partial charge in [-0.15, -0.1) is 0 Å². The van der Waals surface area contributed by atoms with Crippen LogP contribution in [0.1, 0.15) is 90.4 Å². The highest BCUT2D eigenvalue weighted by Gasteiger charge is 1.96. The zero-order valence-electron chi connectivity index (χ0n) is 13.3. The van der Waals surface area contributed by atoms with Crippen LogP contribution in [0, 0.1) is 0 Å². The lowest BCUT2D eigenvalue weighted by Gasteiger charge is -2.08. The minimum Gasteiger partial charge on any atom is -0.338 e. The molecule has 0 atom stereocenters. The maximum atomic E-state index is 10.3. The van der Waals surface area contributed by atoms with E-state index >= 15 is 0 Å². The van der Waals surface area contributed by atoms with E-state index in [4.69, 9.17) is 0 Å². The Morgan fingerprint density at radius 3 is 1.42 bits per heavy atom. The van der Waals surface area contributed by atoms with Crippen molar-refractivity contribution in [2.24, 2.45) is 0 Å². The van der Waals surface area contributed by atoms with Gasteiger partial charge in [0.1, 0.15) is 0 Å². The number of hydrogen-bond acceptors (Lipinski definition) is 1. The first-order valence-electron chi connectivity index (χ1n) is 8.40. The van der Waals surface area contributed by atoms with Crippen molar-refractivity contribution in [3.63, 3.8) is 0 Å². The van der Waals surface area contributed by atoms with E-state index in [9.17, 15) is 4.79 Å². The molecule has 0 aliphatic heterocycles. The number of nitrogens with zero attached hydrogens (tertiary/aromatic N) is 1. The second-order valence-corrected chi connectivity index (χ2v) is 5.76. The van der Waals surface area contributed by atoms with Gasteiger partial charge in [0.15, 0.2) is 0 Å². The van der Waals surface area contributed by atoms with Crippen molar-refractivity contribution < 1.29 is 4.79 Å². The van der Waals surface area contributed by atoms with Crippen molar-refractivity contribution in [3.8, 4) is 0 Å². The van der Waals surface area contributed by atoms with Crippen LogP contribution in [0.2, 0.25) is 0 Å². The van der Waals surface area contributed by atoms with Crippen molar-refractivity contribution in [2.75, 3.05) is 13.6 Å². The number of rotatable bonds is 15. The average Bonchev–Trinajstić information content (AvgIpc) is 2.43. The molecule has 2 nitrogen and oxygen atoms in total. The smallest absolute Gasteiger partial charge is 0.311 e. The molecule has 113 valence electrons. The van der Waals surface area contributed by atoms with E-state index in [1.54, 1.807) is 11.9 Å². The molecule has 0 saturated heterocycles. The Morgan fingerprint density at radius 2 is 1.05 bits per heavy atom. The maximum absolute atomic E-state index is 10.3. The predicted octanol–water partition coefficient (Wildman–Crippen LogP) is 5.08. The largest absolute Gasteiger partial charge is 0.338 e. The van der Waals surface area contributed by atoms with E-state index in [0.29, 0.717) is 0 Å². The summed E-state index contributed by atoms with van der Waals surface area (Å²) in [5.74, 6) is 0. The van der Waals surface area contributed by atoms with Gasteiger partial charge in [0.05, 0.1) is 0 Å². The van der Waals surface area contributed by atoms with E-state index in [1.807, 2.05) is 6.41 Å². The molecule has 0 unspecified atom stereocenters. The molecule has 0 aromatic rings. The summed E-state index contributed by atoms with van der Waals surface area (Å²) >= 11 is 0. The molecule has 0 N–H and O–H groups in total. The van der Waals surface area contributed by atoms with Crippen LogP contribution in [0.4, 0.5) is 0 Å². The van der Waals surface area contributed by atoms with E-state index in [-0.39, 0.29) is 0 Å². The lowest BCUT2D eigenvalue weighted by atomic mass is 10.0. The summed E-state index contributed by atoms with van der Waals surface area (Å²) in [5, 5.41) is 0. The molecule has 19 heavy (non-hydrogen) atoms. The van der Waals surface area contributed by atoms with E-state index in [1.165, 1.54) is 77.0 Å². The highest BCUT2D eigenvalue weighted by atomic mass is 16.1. The maximum Gasteiger partial charge on any atom is 0.311 e. The Bertz CT molecular complexity index is 182. The van der Waals surface area contributed by atoms with Gasteiger partial charge in [-0.1, -0.05) is 84.0 Å². The SMILES string of the molecule is CCCCCCCCCCCCCCCN(C)[C]=O. The second kappa shape index (κ2) is 15.5. The molecule has 0 bridgehead atoms. The molecule has 0 aromatic carbocycles. The summed E-state index contributed by atoms with van der Waals surface area (Å²) in [7, 11) is 1.80. The van der Waals surface area contributed by atoms with E-state index < -0.39 is 0 Å². The van der Waals surface area contributed by atoms with Crippen LogP contribution in [0.3, 0.4) is 0 Å². The van der Waals surface area contributed by atoms with Crippen molar-refractivity contribution in [1.82, 2.24) is 4.90 Å². The molecular formula is C17H34NO. The Kier molecular flexibility index (Phi) is 15.1. The fourth-order valence-corrected chi connectivity index (χ4v) is 2.41. The van der Waals surface area contributed by atoms with Crippen LogP contribution < -0.4 is 0 Å². The molecule has 0 aliphatic carbocycles. The molecule has 1 radical (unpaired) electrons. The van der Waals surface area contributed by atoms with Gasteiger partial charge < -0.3 is 4.90 Å². The quantitative estimate of drug-likeness (QED) is 0.300. The Balaban J connectivity index is 2.97. The summed E-state index contributed by atoms with van der Waals surface area (Å²) in [6.07, 6.45) is 19.7. The van der Waals surface area contributed by atoms with Gasteiger partial charge in [-0.3, -0.25) is 4.79 Å². The number of amides is 1. The standard InChI is InChI=1S/C17H34NO/c1-3-4-5-6-7-8-9-10-11-12-13-14-15-16-18(2)17-19/h3-16H2,1-2H3. The van der Waals surface area contributed by atoms with Crippen LogP contribution in [0.5, 0.6) is 0 Å². The molecule has 0 saturated carbocycles. The van der Waals surface area contributed by atoms with Gasteiger partial charge in [0.25, 0.3) is 0 Å². The third-order valence-electron chi connectivity index (χ3n) is 3.75. The first-order valence-corrected chi connectivity index (χ1v) is 8.40. The third-order valence-corrected chi connectivity index (χ3v) is 3.75. The topological polar surface area (TPSA) is 20.3 Å². The molecule has 0 aromatic heterocycles. The average molecular weight is 268 g/mol. The van der Waals surface area contributed by atoms with Crippen LogP contribution in [0.25, 0.3) is 0 Å². The Morgan fingerprint density at radius 1 is 0.684 bits per heavy atom. The molecule has 0 fully saturated rings. The van der Waals surface area contributed by atoms with E-state index in [0.717, 1.165) is 13.0 Å². The minimum absolute atomic E-state index is 0.862. The van der Waals surface area contributed by atoms with Crippen LogP contribution in [0.15, 0.2) is 0 Å². The molecule has 0 spiro atoms. The van der Waals surface area contributed by atoms with Crippen molar-refractivity contribution in [2.45, 2.75) is 90.4 Å². The Labute approximate surface area is 120 Å². The van der Waals surface area contributed by atoms with Gasteiger partial charge in [0.2, 0.25) is 0 Å². The monoisotopic (exact) mass is 268 g/mol. The van der Waals surface area contributed by atoms with Crippen LogP contribution >= 0.6 is 0 Å². The molecular weight excluding hydrogens is 234 g/mol. The zero-order chi connectivity index (χ0) is 14.2. The van der Waals surface area contributed by atoms with Crippen molar-refractivity contribution in [1.29, 1.82) is 0 Å². The first-order chi connectivity index (χ1) is 9.31. The summed E-state index contributed by atoms with van der Waals surface area (Å²) in [4.78, 5) is 11.9. The number of carbonyl (C=O) groups excluding carboxylic acids is 1. The lowest BCUT2D eigenvalue weighted by Crippen LogP contribution is -2.16. The molecule has 0 rings (SSSR count). The van der Waals surface area contributed by atoms with Crippen molar-refractivity contribution >= 4 is 6.41 Å². The van der Waals surface area contributed by atoms with Crippen molar-refractivity contribution in [3.05, 3.63) is 0 Å². The van der Waals surface area contributed by atoms with E-state index in [2.05, 4.69) is 6.92 Å². The predicted molar refractivity (Wildman–Crippen MR) is 84.0 cm³/mol. The molecule has 0 heterocycles. The van der Waals surface area contributed by atoms with Gasteiger partial charge >= 0.3 is 6.41 Å². The molecule has 0 aliphatic rings.